The molecule has 11 nitrogen and oxygen atoms in total. The Morgan fingerprint density at radius 3 is 1.34 bits per heavy atom. The quantitative estimate of drug-likeness (QED) is 0.118. The van der Waals surface area contributed by atoms with Gasteiger partial charge in [0.05, 0.1) is 39.6 Å². The molecule has 8 rings (SSSR count). The first-order valence-electron chi connectivity index (χ1n) is 20.6. The lowest BCUT2D eigenvalue weighted by Gasteiger charge is -2.23. The van der Waals surface area contributed by atoms with Gasteiger partial charge in [0.25, 0.3) is 11.1 Å². The van der Waals surface area contributed by atoms with Gasteiger partial charge in [-0.15, -0.1) is 0 Å². The highest BCUT2D eigenvalue weighted by Crippen LogP contribution is 2.29. The first-order valence-corrected chi connectivity index (χ1v) is 24.4. The Bertz CT molecular complexity index is 3240. The number of halogens is 2. The molecule has 0 saturated carbocycles. The largest absolute Gasteiger partial charge is 0.345 e. The molecule has 0 amide bonds. The molecule has 0 spiro atoms. The van der Waals surface area contributed by atoms with Crippen LogP contribution in [0.1, 0.15) is 34.9 Å². The molecular formula is C50H48F2N6O5S2. The molecule has 1 unspecified atom stereocenters. The minimum Gasteiger partial charge on any atom is -0.345 e. The zero-order valence-corrected chi connectivity index (χ0v) is 38.4. The van der Waals surface area contributed by atoms with E-state index < -0.39 is 26.7 Å². The first-order chi connectivity index (χ1) is 31.0. The van der Waals surface area contributed by atoms with Gasteiger partial charge < -0.3 is 9.80 Å². The van der Waals surface area contributed by atoms with E-state index in [9.17, 15) is 31.0 Å². The molecule has 334 valence electrons. The Balaban J connectivity index is 0.000000194. The highest BCUT2D eigenvalue weighted by atomic mass is 32.2. The van der Waals surface area contributed by atoms with Crippen LogP contribution in [0.5, 0.6) is 0 Å². The van der Waals surface area contributed by atoms with Gasteiger partial charge >= 0.3 is 0 Å². The summed E-state index contributed by atoms with van der Waals surface area (Å²) in [5, 5.41) is 0.853. The van der Waals surface area contributed by atoms with Crippen molar-refractivity contribution in [2.24, 2.45) is 0 Å². The van der Waals surface area contributed by atoms with Crippen molar-refractivity contribution < 1.29 is 21.4 Å². The maximum Gasteiger partial charge on any atom is 0.262 e. The van der Waals surface area contributed by atoms with E-state index in [0.717, 1.165) is 34.6 Å². The van der Waals surface area contributed by atoms with Crippen molar-refractivity contribution in [3.05, 3.63) is 201 Å². The van der Waals surface area contributed by atoms with E-state index >= 15 is 0 Å². The number of nitrogens with zero attached hydrogens (tertiary/aromatic N) is 6. The number of hydrogen-bond donors (Lipinski definition) is 0. The second-order valence-electron chi connectivity index (χ2n) is 15.8. The van der Waals surface area contributed by atoms with Crippen LogP contribution < -0.4 is 20.9 Å². The molecule has 2 aromatic heterocycles. The molecule has 6 aromatic carbocycles. The van der Waals surface area contributed by atoms with Gasteiger partial charge in [-0.3, -0.25) is 22.9 Å². The Hall–Kier alpha value is -6.84. The Morgan fingerprint density at radius 2 is 0.954 bits per heavy atom. The molecule has 0 aliphatic carbocycles. The van der Waals surface area contributed by atoms with E-state index in [4.69, 9.17) is 0 Å². The number of aromatic nitrogens is 4. The third-order valence-corrected chi connectivity index (χ3v) is 12.9. The zero-order chi connectivity index (χ0) is 46.6. The summed E-state index contributed by atoms with van der Waals surface area (Å²) in [5.74, 6) is 0.466. The fourth-order valence-corrected chi connectivity index (χ4v) is 9.57. The van der Waals surface area contributed by atoms with Crippen LogP contribution in [0.3, 0.4) is 0 Å². The van der Waals surface area contributed by atoms with E-state index in [1.54, 1.807) is 67.1 Å². The topological polar surface area (TPSA) is 127 Å². The fraction of sp³-hybridized carbons (Fsp3) is 0.200. The van der Waals surface area contributed by atoms with E-state index in [1.165, 1.54) is 28.8 Å². The lowest BCUT2D eigenvalue weighted by molar-refractivity contribution is 0.558. The molecule has 8 aromatic rings. The summed E-state index contributed by atoms with van der Waals surface area (Å²) in [6.07, 6.45) is 2.80. The highest BCUT2D eigenvalue weighted by molar-refractivity contribution is 7.90. The van der Waals surface area contributed by atoms with Gasteiger partial charge in [0.1, 0.15) is 33.1 Å². The zero-order valence-electron chi connectivity index (χ0n) is 36.7. The van der Waals surface area contributed by atoms with E-state index in [0.29, 0.717) is 44.8 Å². The number of hydrogen-bond acceptors (Lipinski definition) is 9. The molecule has 0 bridgehead atoms. The molecule has 0 radical (unpaired) electrons. The molecule has 65 heavy (non-hydrogen) atoms. The lowest BCUT2D eigenvalue weighted by atomic mass is 10.1. The predicted octanol–water partition coefficient (Wildman–Crippen LogP) is 8.83. The summed E-state index contributed by atoms with van der Waals surface area (Å²) in [5.41, 5.74) is 5.33. The van der Waals surface area contributed by atoms with E-state index in [-0.39, 0.29) is 34.5 Å². The molecule has 0 N–H and O–H groups in total. The van der Waals surface area contributed by atoms with Crippen LogP contribution in [0.4, 0.5) is 31.5 Å². The molecule has 15 heteroatoms. The smallest absolute Gasteiger partial charge is 0.262 e. The van der Waals surface area contributed by atoms with Crippen LogP contribution in [0.2, 0.25) is 0 Å². The molecule has 3 atom stereocenters. The highest BCUT2D eigenvalue weighted by Gasteiger charge is 2.25. The normalized spacial score (nSPS) is 12.9. The standard InChI is InChI=1S/C25H24FN3O3S.C25H24FN3O2S/c1-17-27-23-14-13-21(28(2)20-11-9-19(26)10-12-20)15-22(23)25(30)29(17)24(16-33(3,31)32)18-7-5-4-6-8-18;1-17-27-23-14-13-21(28(2)20-11-9-19(26)10-12-20)15-22(23)25(30)29(17)24(16-32(3)31)18-7-5-4-6-8-18/h4-15,24H,16H2,1-3H3;4-15,24H,16H2,1-3H3/t24-;24-,32?/m11/s1. The van der Waals surface area contributed by atoms with Gasteiger partial charge in [0.2, 0.25) is 0 Å². The summed E-state index contributed by atoms with van der Waals surface area (Å²) >= 11 is 0. The van der Waals surface area contributed by atoms with Crippen molar-refractivity contribution in [2.45, 2.75) is 25.9 Å². The van der Waals surface area contributed by atoms with Gasteiger partial charge in [0.15, 0.2) is 0 Å². The number of benzene rings is 6. The average Bonchev–Trinajstić information content (AvgIpc) is 3.28. The molecular weight excluding hydrogens is 867 g/mol. The van der Waals surface area contributed by atoms with Gasteiger partial charge in [-0.05, 0) is 110 Å². The van der Waals surface area contributed by atoms with Crippen molar-refractivity contribution in [2.75, 3.05) is 47.9 Å². The number of fused-ring (bicyclic) bond motifs is 2. The molecule has 0 saturated heterocycles. The second kappa shape index (κ2) is 19.5. The van der Waals surface area contributed by atoms with Gasteiger partial charge in [-0.2, -0.15) is 0 Å². The number of rotatable bonds is 12. The Kier molecular flexibility index (Phi) is 13.8. The summed E-state index contributed by atoms with van der Waals surface area (Å²) in [7, 11) is -0.819. The van der Waals surface area contributed by atoms with Crippen molar-refractivity contribution in [3.8, 4) is 0 Å². The van der Waals surface area contributed by atoms with Crippen LogP contribution in [0.15, 0.2) is 155 Å². The van der Waals surface area contributed by atoms with E-state index in [1.807, 2.05) is 103 Å². The Labute approximate surface area is 378 Å². The third kappa shape index (κ3) is 10.6. The SMILES string of the molecule is Cc1nc2ccc(N(C)c3ccc(F)cc3)cc2c(=O)n1[C@H](CS(C)(=O)=O)c1ccccc1.Cc1nc2ccc(N(C)c3ccc(F)cc3)cc2c(=O)n1[C@H](CS(C)=O)c1ccccc1. The van der Waals surface area contributed by atoms with Crippen LogP contribution in [-0.4, -0.2) is 69.8 Å². The predicted molar refractivity (Wildman–Crippen MR) is 258 cm³/mol. The summed E-state index contributed by atoms with van der Waals surface area (Å²) in [4.78, 5) is 40.3. The van der Waals surface area contributed by atoms with Crippen LogP contribution >= 0.6 is 0 Å². The number of sulfone groups is 1. The molecule has 0 fully saturated rings. The van der Waals surface area contributed by atoms with Crippen molar-refractivity contribution in [1.29, 1.82) is 0 Å². The van der Waals surface area contributed by atoms with Crippen molar-refractivity contribution in [3.63, 3.8) is 0 Å². The number of anilines is 4. The maximum absolute atomic E-state index is 13.7. The fourth-order valence-electron chi connectivity index (χ4n) is 7.87. The lowest BCUT2D eigenvalue weighted by Crippen LogP contribution is -2.32. The monoisotopic (exact) mass is 914 g/mol. The second-order valence-corrected chi connectivity index (χ2v) is 19.5. The van der Waals surface area contributed by atoms with Crippen molar-refractivity contribution in [1.82, 2.24) is 19.1 Å². The molecule has 2 heterocycles. The third-order valence-electron chi connectivity index (χ3n) is 11.2. The summed E-state index contributed by atoms with van der Waals surface area (Å²) in [6, 6.07) is 40.7. The Morgan fingerprint density at radius 1 is 0.585 bits per heavy atom. The average molecular weight is 915 g/mol. The van der Waals surface area contributed by atoms with Gasteiger partial charge in [-0.25, -0.2) is 27.2 Å². The van der Waals surface area contributed by atoms with Crippen LogP contribution in [0, 0.1) is 25.5 Å². The number of aryl methyl sites for hydroxylation is 2. The minimum atomic E-state index is -3.39. The van der Waals surface area contributed by atoms with E-state index in [2.05, 4.69) is 9.97 Å². The summed E-state index contributed by atoms with van der Waals surface area (Å²) in [6.45, 7) is 3.51. The van der Waals surface area contributed by atoms with Gasteiger partial charge in [0, 0.05) is 65.9 Å². The molecule has 0 aliphatic heterocycles. The maximum atomic E-state index is 13.7. The molecule has 0 aliphatic rings. The van der Waals surface area contributed by atoms with Crippen molar-refractivity contribution >= 4 is 65.2 Å². The summed E-state index contributed by atoms with van der Waals surface area (Å²) < 4.78 is 66.3. The van der Waals surface area contributed by atoms with Gasteiger partial charge in [-0.1, -0.05) is 60.7 Å². The van der Waals surface area contributed by atoms with Crippen LogP contribution in [0.25, 0.3) is 21.8 Å². The minimum absolute atomic E-state index is 0.179. The van der Waals surface area contributed by atoms with Crippen LogP contribution in [-0.2, 0) is 20.6 Å². The first kappa shape index (κ1) is 46.2.